The molecular weight excluding hydrogens is 252 g/mol. The lowest BCUT2D eigenvalue weighted by Crippen LogP contribution is -2.02. The fourth-order valence-electron chi connectivity index (χ4n) is 0.897. The van der Waals surface area contributed by atoms with Gasteiger partial charge in [-0.05, 0) is 0 Å². The molecule has 0 amide bonds. The molecule has 1 aliphatic carbocycles. The molecule has 0 saturated carbocycles. The molecule has 0 fully saturated rings. The van der Waals surface area contributed by atoms with E-state index < -0.39 is 0 Å². The van der Waals surface area contributed by atoms with Gasteiger partial charge in [-0.1, -0.05) is 46.4 Å². The standard InChI is InChI=1S/C8H7Cl4N/c1-13(2)3-4-5(9)7(11)8(12)6(4)10/h3H,1-2H3. The first kappa shape index (κ1) is 11.3. The van der Waals surface area contributed by atoms with Crippen LogP contribution in [0.4, 0.5) is 0 Å². The Bertz CT molecular complexity index is 299. The van der Waals surface area contributed by atoms with Gasteiger partial charge in [-0.3, -0.25) is 0 Å². The van der Waals surface area contributed by atoms with E-state index in [9.17, 15) is 0 Å². The minimum atomic E-state index is 0.307. The predicted molar refractivity (Wildman–Crippen MR) is 59.2 cm³/mol. The van der Waals surface area contributed by atoms with Gasteiger partial charge in [-0.15, -0.1) is 0 Å². The summed E-state index contributed by atoms with van der Waals surface area (Å²) in [6.07, 6.45) is 1.77. The molecule has 0 radical (unpaired) electrons. The van der Waals surface area contributed by atoms with E-state index in [4.69, 9.17) is 46.4 Å². The van der Waals surface area contributed by atoms with Crippen molar-refractivity contribution in [3.8, 4) is 0 Å². The third-order valence-corrected chi connectivity index (χ3v) is 3.27. The van der Waals surface area contributed by atoms with E-state index in [0.717, 1.165) is 0 Å². The molecule has 0 aromatic carbocycles. The SMILES string of the molecule is CN(C)C=C1C(Cl)=C(Cl)C(Cl)=C1Cl. The summed E-state index contributed by atoms with van der Waals surface area (Å²) in [5.41, 5.74) is 0.656. The molecule has 0 spiro atoms. The van der Waals surface area contributed by atoms with Crippen LogP contribution in [0.5, 0.6) is 0 Å². The number of nitrogens with zero attached hydrogens (tertiary/aromatic N) is 1. The summed E-state index contributed by atoms with van der Waals surface area (Å²) in [4.78, 5) is 1.82. The lowest BCUT2D eigenvalue weighted by molar-refractivity contribution is 0.561. The Labute approximate surface area is 97.2 Å². The molecule has 1 nitrogen and oxygen atoms in total. The van der Waals surface area contributed by atoms with Crippen LogP contribution in [0.25, 0.3) is 0 Å². The summed E-state index contributed by atoms with van der Waals surface area (Å²) >= 11 is 23.4. The number of hydrogen-bond acceptors (Lipinski definition) is 1. The van der Waals surface area contributed by atoms with E-state index in [-0.39, 0.29) is 0 Å². The fourth-order valence-corrected chi connectivity index (χ4v) is 1.91. The van der Waals surface area contributed by atoms with Crippen molar-refractivity contribution in [3.05, 3.63) is 31.9 Å². The second-order valence-electron chi connectivity index (χ2n) is 2.76. The zero-order valence-corrected chi connectivity index (χ0v) is 10.1. The van der Waals surface area contributed by atoms with Crippen molar-refractivity contribution in [2.24, 2.45) is 0 Å². The molecule has 0 atom stereocenters. The van der Waals surface area contributed by atoms with Gasteiger partial charge in [0.1, 0.15) is 0 Å². The highest BCUT2D eigenvalue weighted by molar-refractivity contribution is 6.55. The van der Waals surface area contributed by atoms with Gasteiger partial charge in [0.25, 0.3) is 0 Å². The van der Waals surface area contributed by atoms with Crippen LogP contribution in [0, 0.1) is 0 Å². The molecule has 0 saturated heterocycles. The average Bonchev–Trinajstić information content (AvgIpc) is 2.22. The van der Waals surface area contributed by atoms with E-state index in [1.165, 1.54) is 0 Å². The molecule has 0 bridgehead atoms. The number of halogens is 4. The summed E-state index contributed by atoms with van der Waals surface area (Å²) in [6, 6.07) is 0. The van der Waals surface area contributed by atoms with Gasteiger partial charge >= 0.3 is 0 Å². The smallest absolute Gasteiger partial charge is 0.0801 e. The zero-order valence-electron chi connectivity index (χ0n) is 7.04. The third kappa shape index (κ3) is 2.16. The number of allylic oxidation sites excluding steroid dienone is 5. The van der Waals surface area contributed by atoms with Gasteiger partial charge in [0.15, 0.2) is 0 Å². The molecule has 13 heavy (non-hydrogen) atoms. The molecule has 0 aromatic heterocycles. The average molecular weight is 259 g/mol. The van der Waals surface area contributed by atoms with Crippen molar-refractivity contribution in [2.75, 3.05) is 14.1 Å². The van der Waals surface area contributed by atoms with Crippen molar-refractivity contribution in [1.29, 1.82) is 0 Å². The zero-order chi connectivity index (χ0) is 10.2. The monoisotopic (exact) mass is 257 g/mol. The van der Waals surface area contributed by atoms with E-state index in [2.05, 4.69) is 0 Å². The normalized spacial score (nSPS) is 17.2. The molecule has 0 N–H and O–H groups in total. The van der Waals surface area contributed by atoms with Gasteiger partial charge in [-0.2, -0.15) is 0 Å². The lowest BCUT2D eigenvalue weighted by Gasteiger charge is -2.07. The van der Waals surface area contributed by atoms with Crippen LogP contribution in [0.1, 0.15) is 0 Å². The molecule has 0 aromatic rings. The van der Waals surface area contributed by atoms with E-state index in [1.807, 2.05) is 19.0 Å². The Kier molecular flexibility index (Phi) is 3.58. The van der Waals surface area contributed by atoms with Crippen LogP contribution < -0.4 is 0 Å². The summed E-state index contributed by atoms with van der Waals surface area (Å²) in [6.45, 7) is 0. The first-order valence-corrected chi connectivity index (χ1v) is 4.96. The van der Waals surface area contributed by atoms with Crippen molar-refractivity contribution < 1.29 is 0 Å². The van der Waals surface area contributed by atoms with Crippen LogP contribution in [0.2, 0.25) is 0 Å². The molecule has 0 unspecified atom stereocenters. The molecule has 0 heterocycles. The Morgan fingerprint density at radius 1 is 0.846 bits per heavy atom. The van der Waals surface area contributed by atoms with Crippen LogP contribution in [-0.4, -0.2) is 19.0 Å². The number of rotatable bonds is 1. The molecule has 5 heteroatoms. The van der Waals surface area contributed by atoms with Crippen LogP contribution in [0.15, 0.2) is 31.9 Å². The Morgan fingerprint density at radius 2 is 1.23 bits per heavy atom. The Hall–Kier alpha value is 0.180. The molecule has 1 aliphatic rings. The van der Waals surface area contributed by atoms with Gasteiger partial charge < -0.3 is 4.90 Å². The van der Waals surface area contributed by atoms with Crippen LogP contribution in [0.3, 0.4) is 0 Å². The first-order chi connectivity index (χ1) is 5.95. The minimum Gasteiger partial charge on any atom is -0.383 e. The van der Waals surface area contributed by atoms with Crippen molar-refractivity contribution in [2.45, 2.75) is 0 Å². The largest absolute Gasteiger partial charge is 0.383 e. The quantitative estimate of drug-likeness (QED) is 0.691. The van der Waals surface area contributed by atoms with Gasteiger partial charge in [0.2, 0.25) is 0 Å². The molecule has 72 valence electrons. The van der Waals surface area contributed by atoms with Gasteiger partial charge in [0, 0.05) is 25.9 Å². The highest BCUT2D eigenvalue weighted by atomic mass is 35.5. The molecule has 1 rings (SSSR count). The van der Waals surface area contributed by atoms with Gasteiger partial charge in [0.05, 0.1) is 20.1 Å². The fraction of sp³-hybridized carbons (Fsp3) is 0.250. The van der Waals surface area contributed by atoms with Crippen molar-refractivity contribution in [3.63, 3.8) is 0 Å². The summed E-state index contributed by atoms with van der Waals surface area (Å²) in [7, 11) is 3.73. The maximum absolute atomic E-state index is 5.90. The van der Waals surface area contributed by atoms with Crippen molar-refractivity contribution >= 4 is 46.4 Å². The maximum Gasteiger partial charge on any atom is 0.0801 e. The highest BCUT2D eigenvalue weighted by Gasteiger charge is 2.25. The summed E-state index contributed by atoms with van der Waals surface area (Å²) in [5, 5.41) is 1.40. The molecule has 0 aliphatic heterocycles. The minimum absolute atomic E-state index is 0.307. The topological polar surface area (TPSA) is 3.24 Å². The summed E-state index contributed by atoms with van der Waals surface area (Å²) in [5.74, 6) is 0. The second kappa shape index (κ2) is 4.14. The lowest BCUT2D eigenvalue weighted by atomic mass is 10.3. The Balaban J connectivity index is 3.17. The van der Waals surface area contributed by atoms with Crippen LogP contribution in [-0.2, 0) is 0 Å². The van der Waals surface area contributed by atoms with Gasteiger partial charge in [-0.25, -0.2) is 0 Å². The summed E-state index contributed by atoms with van der Waals surface area (Å²) < 4.78 is 0. The maximum atomic E-state index is 5.90. The van der Waals surface area contributed by atoms with E-state index in [0.29, 0.717) is 25.7 Å². The van der Waals surface area contributed by atoms with E-state index >= 15 is 0 Å². The predicted octanol–water partition coefficient (Wildman–Crippen LogP) is 3.82. The second-order valence-corrected chi connectivity index (χ2v) is 4.27. The van der Waals surface area contributed by atoms with E-state index in [1.54, 1.807) is 6.20 Å². The number of hydrogen-bond donors (Lipinski definition) is 0. The molecular formula is C8H7Cl4N. The third-order valence-electron chi connectivity index (χ3n) is 1.44. The van der Waals surface area contributed by atoms with Crippen LogP contribution >= 0.6 is 46.4 Å². The highest BCUT2D eigenvalue weighted by Crippen LogP contribution is 2.44. The Morgan fingerprint density at radius 3 is 1.54 bits per heavy atom. The first-order valence-electron chi connectivity index (χ1n) is 3.45. The van der Waals surface area contributed by atoms with Crippen molar-refractivity contribution in [1.82, 2.24) is 4.90 Å².